The molecule has 32 heavy (non-hydrogen) atoms. The second-order valence-corrected chi connectivity index (χ2v) is 7.29. The molecule has 190 valence electrons. The molecule has 0 rings (SSSR count). The van der Waals surface area contributed by atoms with Crippen molar-refractivity contribution in [2.75, 3.05) is 26.3 Å². The molecule has 15 heteroatoms. The molecular weight excluding hydrogens is 438 g/mol. The van der Waals surface area contributed by atoms with Crippen LogP contribution in [-0.2, 0) is 9.59 Å². The monoisotopic (exact) mass is 473 g/mol. The zero-order chi connectivity index (χ0) is 25.0. The molecular formula is C17H35N3O12. The van der Waals surface area contributed by atoms with Crippen molar-refractivity contribution in [3.8, 4) is 0 Å². The summed E-state index contributed by atoms with van der Waals surface area (Å²) >= 11 is 0. The van der Waals surface area contributed by atoms with Crippen LogP contribution in [0.4, 0.5) is 0 Å². The maximum absolute atomic E-state index is 11.9. The summed E-state index contributed by atoms with van der Waals surface area (Å²) in [7, 11) is 0. The first-order valence-electron chi connectivity index (χ1n) is 9.83. The number of rotatable bonds is 16. The summed E-state index contributed by atoms with van der Waals surface area (Å²) in [6.45, 7) is -2.74. The molecule has 0 aliphatic carbocycles. The van der Waals surface area contributed by atoms with Crippen LogP contribution in [0.5, 0.6) is 0 Å². The average Bonchev–Trinajstić information content (AvgIpc) is 2.80. The van der Waals surface area contributed by atoms with Gasteiger partial charge in [0, 0.05) is 19.5 Å². The van der Waals surface area contributed by atoms with E-state index in [2.05, 4.69) is 10.6 Å². The minimum absolute atomic E-state index is 0.160. The fourth-order valence-corrected chi connectivity index (χ4v) is 2.43. The number of hydrogen-bond donors (Lipinski definition) is 13. The standard InChI is InChI=1S/C17H35N3O12/c18-7(17(32)20-4-9(24)14(29)16(31)11(26)6-22)1-2-12(27)19-3-8(23)13(28)15(30)10(25)5-21/h7-11,13-16,21-26,28-31H,1-6,18H2,(H,19,27)(H,20,32). The number of nitrogens with two attached hydrogens (primary N) is 1. The molecule has 15 nitrogen and oxygen atoms in total. The van der Waals surface area contributed by atoms with Crippen LogP contribution < -0.4 is 16.4 Å². The minimum atomic E-state index is -1.86. The molecule has 0 spiro atoms. The van der Waals surface area contributed by atoms with Crippen LogP contribution in [-0.4, -0.2) is 144 Å². The molecule has 0 saturated heterocycles. The van der Waals surface area contributed by atoms with E-state index in [0.717, 1.165) is 0 Å². The lowest BCUT2D eigenvalue weighted by Crippen LogP contribution is -2.51. The van der Waals surface area contributed by atoms with Gasteiger partial charge in [-0.05, 0) is 6.42 Å². The van der Waals surface area contributed by atoms with Crippen molar-refractivity contribution in [3.63, 3.8) is 0 Å². The summed E-state index contributed by atoms with van der Waals surface area (Å²) in [5, 5.41) is 98.0. The Morgan fingerprint density at radius 2 is 1.03 bits per heavy atom. The normalized spacial score (nSPS) is 20.2. The molecule has 0 bridgehead atoms. The number of carbonyl (C=O) groups excluding carboxylic acids is 2. The molecule has 2 amide bonds. The summed E-state index contributed by atoms with van der Waals surface area (Å²) in [5.41, 5.74) is 5.62. The number of carbonyl (C=O) groups is 2. The smallest absolute Gasteiger partial charge is 0.237 e. The molecule has 0 radical (unpaired) electrons. The Labute approximate surface area is 183 Å². The molecule has 9 unspecified atom stereocenters. The van der Waals surface area contributed by atoms with Crippen LogP contribution in [0.25, 0.3) is 0 Å². The third kappa shape index (κ3) is 10.4. The van der Waals surface area contributed by atoms with Crippen molar-refractivity contribution in [2.45, 2.75) is 67.7 Å². The Kier molecular flexibility index (Phi) is 14.6. The van der Waals surface area contributed by atoms with Gasteiger partial charge in [-0.3, -0.25) is 9.59 Å². The van der Waals surface area contributed by atoms with E-state index < -0.39 is 93.0 Å². The second-order valence-electron chi connectivity index (χ2n) is 7.29. The van der Waals surface area contributed by atoms with Gasteiger partial charge >= 0.3 is 0 Å². The van der Waals surface area contributed by atoms with Crippen LogP contribution in [0.2, 0.25) is 0 Å². The van der Waals surface area contributed by atoms with Crippen molar-refractivity contribution >= 4 is 11.8 Å². The van der Waals surface area contributed by atoms with Crippen molar-refractivity contribution in [1.29, 1.82) is 0 Å². The number of aliphatic hydroxyl groups excluding tert-OH is 10. The van der Waals surface area contributed by atoms with Crippen LogP contribution in [0.1, 0.15) is 12.8 Å². The highest BCUT2D eigenvalue weighted by molar-refractivity contribution is 5.83. The highest BCUT2D eigenvalue weighted by Crippen LogP contribution is 2.06. The van der Waals surface area contributed by atoms with Crippen LogP contribution in [0.3, 0.4) is 0 Å². The molecule has 14 N–H and O–H groups in total. The summed E-state index contributed by atoms with van der Waals surface area (Å²) in [6.07, 6.45) is -14.6. The van der Waals surface area contributed by atoms with Gasteiger partial charge < -0.3 is 67.4 Å². The quantitative estimate of drug-likeness (QED) is 0.0992. The van der Waals surface area contributed by atoms with Gasteiger partial charge in [-0.25, -0.2) is 0 Å². The van der Waals surface area contributed by atoms with E-state index in [4.69, 9.17) is 15.9 Å². The highest BCUT2D eigenvalue weighted by Gasteiger charge is 2.31. The van der Waals surface area contributed by atoms with E-state index in [9.17, 15) is 50.4 Å². The summed E-state index contributed by atoms with van der Waals surface area (Å²) < 4.78 is 0. The van der Waals surface area contributed by atoms with Crippen LogP contribution >= 0.6 is 0 Å². The Morgan fingerprint density at radius 3 is 1.44 bits per heavy atom. The van der Waals surface area contributed by atoms with E-state index in [-0.39, 0.29) is 12.8 Å². The average molecular weight is 473 g/mol. The third-order valence-electron chi connectivity index (χ3n) is 4.66. The number of hydrogen-bond acceptors (Lipinski definition) is 13. The summed E-state index contributed by atoms with van der Waals surface area (Å²) in [5.74, 6) is -1.45. The van der Waals surface area contributed by atoms with Crippen molar-refractivity contribution in [1.82, 2.24) is 10.6 Å². The van der Waals surface area contributed by atoms with Gasteiger partial charge in [-0.1, -0.05) is 0 Å². The zero-order valence-electron chi connectivity index (χ0n) is 17.3. The number of nitrogens with one attached hydrogen (secondary N) is 2. The molecule has 0 aromatic heterocycles. The summed E-state index contributed by atoms with van der Waals surface area (Å²) in [4.78, 5) is 23.7. The first-order chi connectivity index (χ1) is 14.9. The Morgan fingerprint density at radius 1 is 0.656 bits per heavy atom. The molecule has 0 heterocycles. The predicted octanol–water partition coefficient (Wildman–Crippen LogP) is -7.80. The molecule has 0 aromatic carbocycles. The third-order valence-corrected chi connectivity index (χ3v) is 4.66. The molecule has 0 aliphatic heterocycles. The van der Waals surface area contributed by atoms with Gasteiger partial charge in [0.1, 0.15) is 36.6 Å². The van der Waals surface area contributed by atoms with Gasteiger partial charge in [0.05, 0.1) is 31.5 Å². The van der Waals surface area contributed by atoms with Gasteiger partial charge in [0.2, 0.25) is 11.8 Å². The first-order valence-corrected chi connectivity index (χ1v) is 9.83. The van der Waals surface area contributed by atoms with Crippen molar-refractivity contribution < 1.29 is 60.7 Å². The summed E-state index contributed by atoms with van der Waals surface area (Å²) in [6, 6.07) is -1.20. The maximum Gasteiger partial charge on any atom is 0.237 e. The van der Waals surface area contributed by atoms with E-state index in [1.807, 2.05) is 0 Å². The van der Waals surface area contributed by atoms with Crippen LogP contribution in [0, 0.1) is 0 Å². The second kappa shape index (κ2) is 15.4. The van der Waals surface area contributed by atoms with Gasteiger partial charge in [0.25, 0.3) is 0 Å². The molecule has 0 aliphatic rings. The fourth-order valence-electron chi connectivity index (χ4n) is 2.43. The largest absolute Gasteiger partial charge is 0.394 e. The fraction of sp³-hybridized carbons (Fsp3) is 0.882. The van der Waals surface area contributed by atoms with E-state index >= 15 is 0 Å². The lowest BCUT2D eigenvalue weighted by molar-refractivity contribution is -0.128. The lowest BCUT2D eigenvalue weighted by atomic mass is 10.0. The minimum Gasteiger partial charge on any atom is -0.394 e. The Bertz CT molecular complexity index is 557. The Hall–Kier alpha value is -1.50. The SMILES string of the molecule is NC(CCC(=O)NCC(O)C(O)C(O)C(O)CO)C(=O)NCC(O)C(O)C(O)C(O)CO. The maximum atomic E-state index is 11.9. The van der Waals surface area contributed by atoms with Gasteiger partial charge in [0.15, 0.2) is 0 Å². The van der Waals surface area contributed by atoms with Crippen molar-refractivity contribution in [2.24, 2.45) is 5.73 Å². The van der Waals surface area contributed by atoms with Gasteiger partial charge in [-0.15, -0.1) is 0 Å². The number of aliphatic hydroxyl groups is 10. The molecule has 9 atom stereocenters. The zero-order valence-corrected chi connectivity index (χ0v) is 17.3. The number of amides is 2. The van der Waals surface area contributed by atoms with Crippen molar-refractivity contribution in [3.05, 3.63) is 0 Å². The van der Waals surface area contributed by atoms with Gasteiger partial charge in [-0.2, -0.15) is 0 Å². The van der Waals surface area contributed by atoms with E-state index in [1.54, 1.807) is 0 Å². The van der Waals surface area contributed by atoms with Crippen LogP contribution in [0.15, 0.2) is 0 Å². The molecule has 0 fully saturated rings. The molecule has 0 saturated carbocycles. The van der Waals surface area contributed by atoms with E-state index in [1.165, 1.54) is 0 Å². The highest BCUT2D eigenvalue weighted by atomic mass is 16.4. The molecule has 0 aromatic rings. The Balaban J connectivity index is 4.31. The lowest BCUT2D eigenvalue weighted by Gasteiger charge is -2.26. The predicted molar refractivity (Wildman–Crippen MR) is 105 cm³/mol. The van der Waals surface area contributed by atoms with E-state index in [0.29, 0.717) is 0 Å². The topological polar surface area (TPSA) is 287 Å². The first kappa shape index (κ1) is 30.5.